The molecule has 3 atom stereocenters. The first kappa shape index (κ1) is 16.0. The Bertz CT molecular complexity index is 467. The van der Waals surface area contributed by atoms with Gasteiger partial charge in [0.05, 0.1) is 6.10 Å². The molecular weight excluding hydrogens is 272 g/mol. The van der Waals surface area contributed by atoms with Gasteiger partial charge in [0, 0.05) is 18.4 Å². The molecule has 118 valence electrons. The highest BCUT2D eigenvalue weighted by molar-refractivity contribution is 5.87. The van der Waals surface area contributed by atoms with Crippen molar-refractivity contribution in [2.45, 2.75) is 64.3 Å². The van der Waals surface area contributed by atoms with Crippen molar-refractivity contribution in [1.29, 1.82) is 0 Å². The van der Waals surface area contributed by atoms with Crippen LogP contribution in [0.25, 0.3) is 0 Å². The molecule has 0 saturated carbocycles. The van der Waals surface area contributed by atoms with Crippen molar-refractivity contribution in [2.75, 3.05) is 6.61 Å². The summed E-state index contributed by atoms with van der Waals surface area (Å²) in [5.41, 5.74) is -0.644. The number of carbonyl (C=O) groups is 2. The molecule has 0 aliphatic carbocycles. The van der Waals surface area contributed by atoms with Gasteiger partial charge in [-0.3, -0.25) is 4.79 Å². The van der Waals surface area contributed by atoms with Crippen LogP contribution >= 0.6 is 0 Å². The Morgan fingerprint density at radius 2 is 2.05 bits per heavy atom. The number of esters is 2. The van der Waals surface area contributed by atoms with E-state index in [-0.39, 0.29) is 30.6 Å². The quantitative estimate of drug-likeness (QED) is 0.576. The molecular formula is C16H24O5. The van der Waals surface area contributed by atoms with E-state index in [1.807, 2.05) is 13.8 Å². The fourth-order valence-corrected chi connectivity index (χ4v) is 3.30. The Labute approximate surface area is 125 Å². The van der Waals surface area contributed by atoms with Crippen LogP contribution in [0.5, 0.6) is 0 Å². The molecule has 2 bridgehead atoms. The summed E-state index contributed by atoms with van der Waals surface area (Å²) in [5, 5.41) is 0. The lowest BCUT2D eigenvalue weighted by atomic mass is 9.74. The lowest BCUT2D eigenvalue weighted by Gasteiger charge is -2.36. The fraction of sp³-hybridized carbons (Fsp3) is 0.750. The standard InChI is InChI=1S/C16H24O5/c1-10(2)14(18)21-15(4,5)12-8-16(9-19-11(3)17)7-6-13(12)20-16/h12-13H,1,6-9H2,2-5H3. The normalized spacial score (nSPS) is 31.0. The van der Waals surface area contributed by atoms with Crippen molar-refractivity contribution in [2.24, 2.45) is 5.92 Å². The van der Waals surface area contributed by atoms with Crippen molar-refractivity contribution in [3.05, 3.63) is 12.2 Å². The first-order chi connectivity index (χ1) is 9.65. The molecule has 0 amide bonds. The van der Waals surface area contributed by atoms with E-state index in [0.29, 0.717) is 5.57 Å². The number of rotatable bonds is 5. The van der Waals surface area contributed by atoms with E-state index in [2.05, 4.69) is 6.58 Å². The van der Waals surface area contributed by atoms with E-state index < -0.39 is 11.2 Å². The summed E-state index contributed by atoms with van der Waals surface area (Å²) < 4.78 is 16.8. The smallest absolute Gasteiger partial charge is 0.333 e. The Kier molecular flexibility index (Phi) is 4.15. The SMILES string of the molecule is C=C(C)C(=O)OC(C)(C)C1CC2(COC(C)=O)CCC1O2. The molecule has 2 fully saturated rings. The first-order valence-electron chi connectivity index (χ1n) is 7.35. The van der Waals surface area contributed by atoms with Gasteiger partial charge < -0.3 is 14.2 Å². The molecule has 0 aromatic heterocycles. The van der Waals surface area contributed by atoms with Crippen LogP contribution in [0.3, 0.4) is 0 Å². The maximum Gasteiger partial charge on any atom is 0.333 e. The molecule has 5 heteroatoms. The summed E-state index contributed by atoms with van der Waals surface area (Å²) in [4.78, 5) is 22.8. The highest BCUT2D eigenvalue weighted by Gasteiger charge is 2.57. The van der Waals surface area contributed by atoms with Crippen LogP contribution in [0.1, 0.15) is 47.0 Å². The van der Waals surface area contributed by atoms with Crippen LogP contribution in [-0.4, -0.2) is 35.9 Å². The first-order valence-corrected chi connectivity index (χ1v) is 7.35. The van der Waals surface area contributed by atoms with Gasteiger partial charge in [0.15, 0.2) is 0 Å². The van der Waals surface area contributed by atoms with Gasteiger partial charge in [0.1, 0.15) is 17.8 Å². The van der Waals surface area contributed by atoms with Gasteiger partial charge >= 0.3 is 11.9 Å². The summed E-state index contributed by atoms with van der Waals surface area (Å²) in [6.07, 6.45) is 2.57. The Morgan fingerprint density at radius 1 is 1.38 bits per heavy atom. The lowest BCUT2D eigenvalue weighted by Crippen LogP contribution is -2.43. The molecule has 0 aromatic carbocycles. The topological polar surface area (TPSA) is 61.8 Å². The number of carbonyl (C=O) groups excluding carboxylic acids is 2. The minimum atomic E-state index is -0.626. The van der Waals surface area contributed by atoms with Crippen molar-refractivity contribution in [1.82, 2.24) is 0 Å². The highest BCUT2D eigenvalue weighted by Crippen LogP contribution is 2.51. The van der Waals surface area contributed by atoms with Crippen LogP contribution in [0.15, 0.2) is 12.2 Å². The molecule has 0 N–H and O–H groups in total. The van der Waals surface area contributed by atoms with Gasteiger partial charge in [-0.2, -0.15) is 0 Å². The Morgan fingerprint density at radius 3 is 2.62 bits per heavy atom. The molecule has 2 aliphatic heterocycles. The van der Waals surface area contributed by atoms with Crippen LogP contribution in [0, 0.1) is 5.92 Å². The molecule has 0 aromatic rings. The van der Waals surface area contributed by atoms with Crippen molar-refractivity contribution in [3.8, 4) is 0 Å². The van der Waals surface area contributed by atoms with Crippen LogP contribution in [0.4, 0.5) is 0 Å². The van der Waals surface area contributed by atoms with Crippen LogP contribution < -0.4 is 0 Å². The third-order valence-electron chi connectivity index (χ3n) is 4.46. The zero-order valence-electron chi connectivity index (χ0n) is 13.2. The maximum absolute atomic E-state index is 11.8. The van der Waals surface area contributed by atoms with Gasteiger partial charge in [-0.05, 0) is 40.0 Å². The average molecular weight is 296 g/mol. The van der Waals surface area contributed by atoms with Crippen molar-refractivity contribution < 1.29 is 23.8 Å². The summed E-state index contributed by atoms with van der Waals surface area (Å²) in [7, 11) is 0. The molecule has 2 heterocycles. The number of ether oxygens (including phenoxy) is 3. The zero-order valence-corrected chi connectivity index (χ0v) is 13.2. The minimum absolute atomic E-state index is 0.0495. The molecule has 21 heavy (non-hydrogen) atoms. The van der Waals surface area contributed by atoms with Crippen LogP contribution in [-0.2, 0) is 23.8 Å². The third-order valence-corrected chi connectivity index (χ3v) is 4.46. The predicted octanol–water partition coefficient (Wildman–Crippen LogP) is 2.39. The second kappa shape index (κ2) is 5.44. The van der Waals surface area contributed by atoms with E-state index in [0.717, 1.165) is 19.3 Å². The van der Waals surface area contributed by atoms with E-state index in [9.17, 15) is 9.59 Å². The molecule has 2 saturated heterocycles. The van der Waals surface area contributed by atoms with Crippen molar-refractivity contribution in [3.63, 3.8) is 0 Å². The number of hydrogen-bond acceptors (Lipinski definition) is 5. The molecule has 2 rings (SSSR count). The summed E-state index contributed by atoms with van der Waals surface area (Å²) in [6, 6.07) is 0. The van der Waals surface area contributed by atoms with E-state index in [1.165, 1.54) is 6.92 Å². The third kappa shape index (κ3) is 3.28. The average Bonchev–Trinajstić information content (AvgIpc) is 2.94. The second-order valence-corrected chi connectivity index (χ2v) is 6.74. The summed E-state index contributed by atoms with van der Waals surface area (Å²) >= 11 is 0. The Hall–Kier alpha value is -1.36. The number of fused-ring (bicyclic) bond motifs is 2. The molecule has 0 spiro atoms. The minimum Gasteiger partial charge on any atom is -0.463 e. The summed E-state index contributed by atoms with van der Waals surface area (Å²) in [5.74, 6) is -0.574. The lowest BCUT2D eigenvalue weighted by molar-refractivity contribution is -0.158. The van der Waals surface area contributed by atoms with Gasteiger partial charge in [-0.15, -0.1) is 0 Å². The van der Waals surface area contributed by atoms with E-state index in [1.54, 1.807) is 6.92 Å². The van der Waals surface area contributed by atoms with Crippen molar-refractivity contribution >= 4 is 11.9 Å². The molecule has 0 radical (unpaired) electrons. The van der Waals surface area contributed by atoms with Crippen LogP contribution in [0.2, 0.25) is 0 Å². The second-order valence-electron chi connectivity index (χ2n) is 6.74. The molecule has 2 aliphatic rings. The molecule has 5 nitrogen and oxygen atoms in total. The van der Waals surface area contributed by atoms with E-state index in [4.69, 9.17) is 14.2 Å². The monoisotopic (exact) mass is 296 g/mol. The van der Waals surface area contributed by atoms with Gasteiger partial charge in [0.2, 0.25) is 0 Å². The van der Waals surface area contributed by atoms with Gasteiger partial charge in [-0.1, -0.05) is 6.58 Å². The van der Waals surface area contributed by atoms with Gasteiger partial charge in [0.25, 0.3) is 0 Å². The zero-order chi connectivity index (χ0) is 15.8. The summed E-state index contributed by atoms with van der Waals surface area (Å²) in [6.45, 7) is 10.7. The predicted molar refractivity (Wildman–Crippen MR) is 76.6 cm³/mol. The van der Waals surface area contributed by atoms with Gasteiger partial charge in [-0.25, -0.2) is 4.79 Å². The van der Waals surface area contributed by atoms with E-state index >= 15 is 0 Å². The molecule has 3 unspecified atom stereocenters. The number of hydrogen-bond donors (Lipinski definition) is 0. The highest BCUT2D eigenvalue weighted by atomic mass is 16.6. The fourth-order valence-electron chi connectivity index (χ4n) is 3.30. The Balaban J connectivity index is 2.04. The largest absolute Gasteiger partial charge is 0.463 e. The maximum atomic E-state index is 11.8.